The highest BCUT2D eigenvalue weighted by Gasteiger charge is 2.50. The van der Waals surface area contributed by atoms with E-state index in [1.54, 1.807) is 7.11 Å². The summed E-state index contributed by atoms with van der Waals surface area (Å²) in [6, 6.07) is 17.5. The number of hydrogen-bond donors (Lipinski definition) is 0. The molecule has 2 aliphatic rings. The van der Waals surface area contributed by atoms with E-state index in [0.29, 0.717) is 12.0 Å². The largest absolute Gasteiger partial charge is 0.497 e. The molecule has 2 aromatic rings. The average Bonchev–Trinajstić information content (AvgIpc) is 2.65. The number of likely N-dealkylation sites (N-methyl/N-ethyl adjacent to an activating group) is 1. The third kappa shape index (κ3) is 2.44. The highest BCUT2D eigenvalue weighted by molar-refractivity contribution is 5.49. The Hall–Kier alpha value is -2.31. The van der Waals surface area contributed by atoms with E-state index >= 15 is 0 Å². The fourth-order valence-electron chi connectivity index (χ4n) is 4.99. The molecule has 0 spiro atoms. The van der Waals surface area contributed by atoms with E-state index in [1.165, 1.54) is 16.7 Å². The number of rotatable bonds is 2. The summed E-state index contributed by atoms with van der Waals surface area (Å²) in [4.78, 5) is 2.50. The minimum absolute atomic E-state index is 0.0629. The Morgan fingerprint density at radius 2 is 2.08 bits per heavy atom. The van der Waals surface area contributed by atoms with Crippen molar-refractivity contribution in [3.63, 3.8) is 0 Å². The van der Waals surface area contributed by atoms with Crippen LogP contribution in [0.1, 0.15) is 41.5 Å². The maximum Gasteiger partial charge on any atom is 0.119 e. The molecule has 128 valence electrons. The van der Waals surface area contributed by atoms with E-state index in [-0.39, 0.29) is 5.41 Å². The molecule has 0 saturated carbocycles. The molecular formula is C22H24N2O. The Labute approximate surface area is 149 Å². The molecule has 2 aromatic carbocycles. The molecule has 1 fully saturated rings. The maximum absolute atomic E-state index is 9.33. The van der Waals surface area contributed by atoms with E-state index in [0.717, 1.165) is 30.7 Å². The zero-order valence-electron chi connectivity index (χ0n) is 15.1. The number of piperidine rings is 1. The van der Waals surface area contributed by atoms with Crippen LogP contribution in [0.15, 0.2) is 42.5 Å². The van der Waals surface area contributed by atoms with Crippen LogP contribution in [0.25, 0.3) is 0 Å². The lowest BCUT2D eigenvalue weighted by Crippen LogP contribution is -2.56. The highest BCUT2D eigenvalue weighted by atomic mass is 16.5. The van der Waals surface area contributed by atoms with Crippen LogP contribution in [-0.2, 0) is 11.8 Å². The van der Waals surface area contributed by atoms with Gasteiger partial charge in [-0.2, -0.15) is 5.26 Å². The van der Waals surface area contributed by atoms with Crippen molar-refractivity contribution in [2.75, 3.05) is 20.7 Å². The van der Waals surface area contributed by atoms with Crippen molar-refractivity contribution < 1.29 is 4.74 Å². The monoisotopic (exact) mass is 332 g/mol. The number of fused-ring (bicyclic) bond motifs is 4. The van der Waals surface area contributed by atoms with Gasteiger partial charge in [0.05, 0.1) is 18.7 Å². The molecule has 1 saturated heterocycles. The number of likely N-dealkylation sites (tertiary alicyclic amines) is 1. The third-order valence-electron chi connectivity index (χ3n) is 6.36. The number of nitriles is 1. The fraction of sp³-hybridized carbons (Fsp3) is 0.409. The Bertz CT molecular complexity index is 853. The SMILES string of the molecule is COc1ccc2c(c1)[C@]1(C)CCN(C)[C@H](C2)[C@@H]1c1cccc(C#N)c1. The van der Waals surface area contributed by atoms with Crippen molar-refractivity contribution in [2.45, 2.75) is 37.1 Å². The third-order valence-corrected chi connectivity index (χ3v) is 6.36. The molecule has 2 bridgehead atoms. The Morgan fingerprint density at radius 1 is 1.24 bits per heavy atom. The Kier molecular flexibility index (Phi) is 3.81. The minimum atomic E-state index is 0.0629. The molecule has 0 N–H and O–H groups in total. The number of ether oxygens (including phenoxy) is 1. The predicted molar refractivity (Wildman–Crippen MR) is 99.0 cm³/mol. The van der Waals surface area contributed by atoms with Crippen LogP contribution in [0, 0.1) is 11.3 Å². The summed E-state index contributed by atoms with van der Waals surface area (Å²) in [5.74, 6) is 1.32. The molecule has 0 unspecified atom stereocenters. The lowest BCUT2D eigenvalue weighted by Gasteiger charge is -2.55. The lowest BCUT2D eigenvalue weighted by atomic mass is 9.56. The fourth-order valence-corrected chi connectivity index (χ4v) is 4.99. The van der Waals surface area contributed by atoms with Crippen LogP contribution in [-0.4, -0.2) is 31.6 Å². The number of benzene rings is 2. The van der Waals surface area contributed by atoms with Crippen molar-refractivity contribution in [3.8, 4) is 11.8 Å². The van der Waals surface area contributed by atoms with Gasteiger partial charge in [0.2, 0.25) is 0 Å². The van der Waals surface area contributed by atoms with Crippen LogP contribution in [0.2, 0.25) is 0 Å². The summed E-state index contributed by atoms with van der Waals surface area (Å²) < 4.78 is 5.51. The van der Waals surface area contributed by atoms with E-state index in [2.05, 4.69) is 55.3 Å². The van der Waals surface area contributed by atoms with Gasteiger partial charge in [-0.25, -0.2) is 0 Å². The Balaban J connectivity index is 1.90. The highest BCUT2D eigenvalue weighted by Crippen LogP contribution is 2.53. The van der Waals surface area contributed by atoms with Crippen molar-refractivity contribution >= 4 is 0 Å². The van der Waals surface area contributed by atoms with Crippen molar-refractivity contribution in [2.24, 2.45) is 0 Å². The van der Waals surface area contributed by atoms with Crippen molar-refractivity contribution in [1.29, 1.82) is 5.26 Å². The quantitative estimate of drug-likeness (QED) is 0.837. The van der Waals surface area contributed by atoms with Crippen LogP contribution >= 0.6 is 0 Å². The molecule has 3 nitrogen and oxygen atoms in total. The average molecular weight is 332 g/mol. The van der Waals surface area contributed by atoms with Gasteiger partial charge in [-0.05, 0) is 67.4 Å². The summed E-state index contributed by atoms with van der Waals surface area (Å²) in [6.07, 6.45) is 2.16. The number of hydrogen-bond acceptors (Lipinski definition) is 3. The summed E-state index contributed by atoms with van der Waals surface area (Å²) in [7, 11) is 3.97. The van der Waals surface area contributed by atoms with Gasteiger partial charge in [-0.1, -0.05) is 25.1 Å². The number of methoxy groups -OCH3 is 1. The molecule has 4 rings (SSSR count). The van der Waals surface area contributed by atoms with Crippen LogP contribution in [0.3, 0.4) is 0 Å². The van der Waals surface area contributed by atoms with E-state index in [4.69, 9.17) is 4.74 Å². The molecule has 3 atom stereocenters. The normalized spacial score (nSPS) is 28.1. The summed E-state index contributed by atoms with van der Waals surface area (Å²) in [5, 5.41) is 9.33. The van der Waals surface area contributed by atoms with Gasteiger partial charge in [0.15, 0.2) is 0 Å². The molecule has 0 aromatic heterocycles. The van der Waals surface area contributed by atoms with Crippen LogP contribution in [0.5, 0.6) is 5.75 Å². The molecule has 25 heavy (non-hydrogen) atoms. The summed E-state index contributed by atoms with van der Waals surface area (Å²) in [6.45, 7) is 3.50. The molecule has 1 heterocycles. The lowest BCUT2D eigenvalue weighted by molar-refractivity contribution is 0.0830. The van der Waals surface area contributed by atoms with Gasteiger partial charge in [0.1, 0.15) is 5.75 Å². The smallest absolute Gasteiger partial charge is 0.119 e. The first-order valence-corrected chi connectivity index (χ1v) is 8.94. The second-order valence-corrected chi connectivity index (χ2v) is 7.66. The number of nitrogens with zero attached hydrogens (tertiary/aromatic N) is 2. The van der Waals surface area contributed by atoms with Crippen LogP contribution in [0.4, 0.5) is 0 Å². The first-order valence-electron chi connectivity index (χ1n) is 8.94. The summed E-state index contributed by atoms with van der Waals surface area (Å²) >= 11 is 0. The first kappa shape index (κ1) is 16.2. The van der Waals surface area contributed by atoms with E-state index < -0.39 is 0 Å². The van der Waals surface area contributed by atoms with E-state index in [9.17, 15) is 5.26 Å². The first-order chi connectivity index (χ1) is 12.1. The van der Waals surface area contributed by atoms with Gasteiger partial charge in [0.25, 0.3) is 0 Å². The summed E-state index contributed by atoms with van der Waals surface area (Å²) in [5.41, 5.74) is 4.95. The molecule has 0 radical (unpaired) electrons. The zero-order chi connectivity index (χ0) is 17.6. The van der Waals surface area contributed by atoms with Gasteiger partial charge < -0.3 is 9.64 Å². The van der Waals surface area contributed by atoms with Crippen molar-refractivity contribution in [3.05, 3.63) is 64.7 Å². The standard InChI is InChI=1S/C22H24N2O/c1-22-9-10-24(2)20(12-16-7-8-18(25-3)13-19(16)22)21(22)17-6-4-5-15(11-17)14-23/h4-8,11,13,20-21H,9-10,12H2,1-3H3/t20-,21+,22+/m1/s1. The zero-order valence-corrected chi connectivity index (χ0v) is 15.1. The van der Waals surface area contributed by atoms with Gasteiger partial charge in [-0.3, -0.25) is 0 Å². The van der Waals surface area contributed by atoms with Crippen LogP contribution < -0.4 is 4.74 Å². The van der Waals surface area contributed by atoms with Gasteiger partial charge in [0, 0.05) is 17.4 Å². The van der Waals surface area contributed by atoms with Gasteiger partial charge >= 0.3 is 0 Å². The molecule has 3 heteroatoms. The minimum Gasteiger partial charge on any atom is -0.497 e. The second-order valence-electron chi connectivity index (χ2n) is 7.66. The van der Waals surface area contributed by atoms with Crippen molar-refractivity contribution in [1.82, 2.24) is 4.90 Å². The molecule has 1 aliphatic carbocycles. The molecule has 1 aliphatic heterocycles. The molecule has 0 amide bonds. The predicted octanol–water partition coefficient (Wildman–Crippen LogP) is 3.87. The Morgan fingerprint density at radius 3 is 2.84 bits per heavy atom. The second kappa shape index (κ2) is 5.89. The van der Waals surface area contributed by atoms with E-state index in [1.807, 2.05) is 12.1 Å². The topological polar surface area (TPSA) is 36.3 Å². The molecular weight excluding hydrogens is 308 g/mol. The van der Waals surface area contributed by atoms with Gasteiger partial charge in [-0.15, -0.1) is 0 Å². The maximum atomic E-state index is 9.33.